The maximum Gasteiger partial charge on any atom is 0.252 e. The minimum absolute atomic E-state index is 0.142. The quantitative estimate of drug-likeness (QED) is 0.551. The summed E-state index contributed by atoms with van der Waals surface area (Å²) < 4.78 is 24.3. The Morgan fingerprint density at radius 3 is 2.78 bits per heavy atom. The van der Waals surface area contributed by atoms with Crippen molar-refractivity contribution in [2.45, 2.75) is 33.2 Å². The Hall–Kier alpha value is -3.46. The molecule has 9 heteroatoms. The summed E-state index contributed by atoms with van der Waals surface area (Å²) in [4.78, 5) is 17.7. The Balaban J connectivity index is 1.55. The molecule has 166 valence electrons. The van der Waals surface area contributed by atoms with Gasteiger partial charge in [0.1, 0.15) is 18.2 Å². The first-order chi connectivity index (χ1) is 15.1. The lowest BCUT2D eigenvalue weighted by molar-refractivity contribution is 0.0882. The van der Waals surface area contributed by atoms with E-state index in [1.54, 1.807) is 24.3 Å². The largest absolute Gasteiger partial charge is 0.490 e. The van der Waals surface area contributed by atoms with Crippen molar-refractivity contribution in [2.24, 2.45) is 10.1 Å². The topological polar surface area (TPSA) is 119 Å². The lowest BCUT2D eigenvalue weighted by Gasteiger charge is -2.28. The Bertz CT molecular complexity index is 1290. The van der Waals surface area contributed by atoms with E-state index in [-0.39, 0.29) is 18.3 Å². The van der Waals surface area contributed by atoms with Crippen molar-refractivity contribution in [3.8, 4) is 5.75 Å². The number of nitrogens with two attached hydrogens (primary N) is 1. The van der Waals surface area contributed by atoms with Crippen LogP contribution in [-0.4, -0.2) is 33.1 Å². The first kappa shape index (κ1) is 21.8. The zero-order valence-electron chi connectivity index (χ0n) is 18.4. The molecule has 32 heavy (non-hydrogen) atoms. The van der Waals surface area contributed by atoms with E-state index in [2.05, 4.69) is 19.4 Å². The number of rotatable bonds is 5. The van der Waals surface area contributed by atoms with Crippen LogP contribution in [0.3, 0.4) is 0 Å². The fourth-order valence-corrected chi connectivity index (χ4v) is 4.26. The molecule has 1 unspecified atom stereocenters. The number of ether oxygens (including phenoxy) is 1. The fourth-order valence-electron chi connectivity index (χ4n) is 3.58. The third kappa shape index (κ3) is 4.43. The summed E-state index contributed by atoms with van der Waals surface area (Å²) in [6.07, 6.45) is 0. The number of amides is 1. The Labute approximate surface area is 189 Å². The molecule has 0 saturated heterocycles. The molecular weight excluding hydrogens is 426 g/mol. The second-order valence-corrected chi connectivity index (χ2v) is 9.35. The molecule has 4 N–H and O–H groups in total. The maximum absolute atomic E-state index is 13.2. The summed E-state index contributed by atoms with van der Waals surface area (Å²) >= 11 is -1.61. The number of carbonyl (C=O) groups is 1. The number of carbonyl (C=O) groups excluding carboxylic acids is 1. The molecule has 0 fully saturated rings. The number of aromatic nitrogens is 1. The second-order valence-electron chi connectivity index (χ2n) is 8.46. The highest BCUT2D eigenvalue weighted by molar-refractivity contribution is 7.85. The van der Waals surface area contributed by atoms with E-state index in [1.165, 1.54) is 0 Å². The summed E-state index contributed by atoms with van der Waals surface area (Å²) in [5, 5.41) is 3.87. The smallest absolute Gasteiger partial charge is 0.252 e. The zero-order valence-corrected chi connectivity index (χ0v) is 19.2. The van der Waals surface area contributed by atoms with Gasteiger partial charge in [-0.25, -0.2) is 4.21 Å². The number of amidine groups is 1. The van der Waals surface area contributed by atoms with Crippen molar-refractivity contribution in [3.63, 3.8) is 0 Å². The molecule has 3 aromatic rings. The number of nitrogens with one attached hydrogen (secondary N) is 2. The molecule has 0 radical (unpaired) electrons. The van der Waals surface area contributed by atoms with Gasteiger partial charge in [0, 0.05) is 11.1 Å². The molecule has 0 aliphatic carbocycles. The minimum atomic E-state index is -1.61. The first-order valence-electron chi connectivity index (χ1n) is 10.1. The van der Waals surface area contributed by atoms with Crippen LogP contribution in [0.5, 0.6) is 5.75 Å². The highest BCUT2D eigenvalue weighted by Crippen LogP contribution is 2.30. The summed E-state index contributed by atoms with van der Waals surface area (Å²) in [7, 11) is 0. The normalized spacial score (nSPS) is 15.5. The van der Waals surface area contributed by atoms with Gasteiger partial charge in [0.2, 0.25) is 11.2 Å². The number of hydrogen-bond acceptors (Lipinski definition) is 5. The lowest BCUT2D eigenvalue weighted by Crippen LogP contribution is -2.48. The van der Waals surface area contributed by atoms with Crippen molar-refractivity contribution in [1.29, 1.82) is 0 Å². The van der Waals surface area contributed by atoms with Gasteiger partial charge >= 0.3 is 0 Å². The summed E-state index contributed by atoms with van der Waals surface area (Å²) in [6, 6.07) is 13.0. The van der Waals surface area contributed by atoms with Gasteiger partial charge in [0.15, 0.2) is 0 Å². The van der Waals surface area contributed by atoms with Gasteiger partial charge in [0.05, 0.1) is 27.9 Å². The molecule has 1 aliphatic heterocycles. The van der Waals surface area contributed by atoms with Crippen molar-refractivity contribution in [3.05, 3.63) is 64.8 Å². The molecule has 0 spiro atoms. The lowest BCUT2D eigenvalue weighted by atomic mass is 10.0. The van der Waals surface area contributed by atoms with Crippen molar-refractivity contribution in [2.75, 3.05) is 11.3 Å². The van der Waals surface area contributed by atoms with Crippen LogP contribution in [-0.2, 0) is 11.2 Å². The predicted molar refractivity (Wildman–Crippen MR) is 127 cm³/mol. The van der Waals surface area contributed by atoms with E-state index in [4.69, 9.17) is 10.5 Å². The Kier molecular flexibility index (Phi) is 5.60. The molecule has 1 atom stereocenters. The van der Waals surface area contributed by atoms with E-state index in [9.17, 15) is 9.00 Å². The van der Waals surface area contributed by atoms with Gasteiger partial charge in [0.25, 0.3) is 5.91 Å². The average Bonchev–Trinajstić information content (AvgIpc) is 2.71. The number of aryl methyl sites for hydroxylation is 2. The molecule has 1 amide bonds. The third-order valence-electron chi connectivity index (χ3n) is 5.04. The molecular formula is C23H25N5O3S. The third-order valence-corrected chi connectivity index (χ3v) is 5.80. The Morgan fingerprint density at radius 1 is 1.22 bits per heavy atom. The molecule has 1 aliphatic rings. The monoisotopic (exact) mass is 451 g/mol. The zero-order chi connectivity index (χ0) is 23.0. The van der Waals surface area contributed by atoms with Gasteiger partial charge in [-0.3, -0.25) is 14.5 Å². The van der Waals surface area contributed by atoms with Crippen LogP contribution in [0.25, 0.3) is 10.9 Å². The van der Waals surface area contributed by atoms with Crippen LogP contribution in [0.1, 0.15) is 41.0 Å². The summed E-state index contributed by atoms with van der Waals surface area (Å²) in [5.41, 5.74) is 9.62. The fraction of sp³-hybridized carbons (Fsp3) is 0.261. The van der Waals surface area contributed by atoms with E-state index < -0.39 is 16.7 Å². The standard InChI is InChI=1S/C23H25N5O3S/c1-13-8-9-17-15(10-13)16(11-14(2)25-17)22(29)26-23(3,4)12-31-19-7-5-6-18-20(19)21(24)28-32(30)27-18/h5-11,27H,12H2,1-4H3,(H2,24,28)(H,26,29). The van der Waals surface area contributed by atoms with Crippen molar-refractivity contribution in [1.82, 2.24) is 10.3 Å². The van der Waals surface area contributed by atoms with Gasteiger partial charge in [-0.2, -0.15) is 4.40 Å². The molecule has 8 nitrogen and oxygen atoms in total. The summed E-state index contributed by atoms with van der Waals surface area (Å²) in [5.74, 6) is 0.438. The average molecular weight is 452 g/mol. The van der Waals surface area contributed by atoms with Gasteiger partial charge in [-0.1, -0.05) is 17.7 Å². The molecule has 4 rings (SSSR count). The molecule has 2 aromatic carbocycles. The number of fused-ring (bicyclic) bond motifs is 2. The van der Waals surface area contributed by atoms with E-state index in [1.807, 2.05) is 45.9 Å². The van der Waals surface area contributed by atoms with Crippen LogP contribution in [0.2, 0.25) is 0 Å². The van der Waals surface area contributed by atoms with Gasteiger partial charge in [-0.05, 0) is 58.0 Å². The van der Waals surface area contributed by atoms with Crippen molar-refractivity contribution >= 4 is 39.5 Å². The predicted octanol–water partition coefficient (Wildman–Crippen LogP) is 3.15. The van der Waals surface area contributed by atoms with Crippen LogP contribution in [0.4, 0.5) is 5.69 Å². The number of anilines is 1. The van der Waals surface area contributed by atoms with Crippen molar-refractivity contribution < 1.29 is 13.7 Å². The second kappa shape index (κ2) is 8.23. The number of hydrogen-bond donors (Lipinski definition) is 3. The minimum Gasteiger partial charge on any atom is -0.490 e. The maximum atomic E-state index is 13.2. The van der Waals surface area contributed by atoms with Crippen LogP contribution in [0, 0.1) is 13.8 Å². The van der Waals surface area contributed by atoms with Crippen LogP contribution in [0.15, 0.2) is 46.9 Å². The molecule has 2 heterocycles. The molecule has 0 bridgehead atoms. The van der Waals surface area contributed by atoms with Gasteiger partial charge in [-0.15, -0.1) is 0 Å². The number of pyridine rings is 1. The van der Waals surface area contributed by atoms with E-state index in [0.717, 1.165) is 22.2 Å². The van der Waals surface area contributed by atoms with Gasteiger partial charge < -0.3 is 15.8 Å². The molecule has 1 aromatic heterocycles. The highest BCUT2D eigenvalue weighted by Gasteiger charge is 2.26. The van der Waals surface area contributed by atoms with E-state index >= 15 is 0 Å². The molecule has 0 saturated carbocycles. The summed E-state index contributed by atoms with van der Waals surface area (Å²) in [6.45, 7) is 7.81. The highest BCUT2D eigenvalue weighted by atomic mass is 32.2. The van der Waals surface area contributed by atoms with Crippen LogP contribution < -0.4 is 20.5 Å². The SMILES string of the molecule is Cc1ccc2nc(C)cc(C(=O)NC(C)(C)COc3cccc4c3C(N)=NS(=O)N4)c2c1. The Morgan fingerprint density at radius 2 is 2.00 bits per heavy atom. The van der Waals surface area contributed by atoms with Crippen LogP contribution >= 0.6 is 0 Å². The number of nitrogens with zero attached hydrogens (tertiary/aromatic N) is 2. The van der Waals surface area contributed by atoms with E-state index in [0.29, 0.717) is 22.6 Å². The first-order valence-corrected chi connectivity index (χ1v) is 11.2. The number of benzene rings is 2.